The second-order valence-electron chi connectivity index (χ2n) is 5.55. The molecule has 0 amide bonds. The molecule has 1 aliphatic carbocycles. The van der Waals surface area contributed by atoms with Gasteiger partial charge >= 0.3 is 0 Å². The van der Waals surface area contributed by atoms with Crippen LogP contribution in [0.1, 0.15) is 25.0 Å². The van der Waals surface area contributed by atoms with Gasteiger partial charge in [0.15, 0.2) is 10.8 Å². The first-order valence-corrected chi connectivity index (χ1v) is 8.30. The van der Waals surface area contributed by atoms with Crippen LogP contribution in [0, 0.1) is 0 Å². The molecule has 0 unspecified atom stereocenters. The fraction of sp³-hybridized carbons (Fsp3) is 0.643. The largest absolute Gasteiger partial charge is 0.380 e. The van der Waals surface area contributed by atoms with E-state index in [0.29, 0.717) is 0 Å². The van der Waals surface area contributed by atoms with Crippen LogP contribution in [0.3, 0.4) is 0 Å². The molecule has 2 fully saturated rings. The first kappa shape index (κ1) is 12.6. The van der Waals surface area contributed by atoms with Crippen molar-refractivity contribution in [2.24, 2.45) is 0 Å². The zero-order valence-corrected chi connectivity index (χ0v) is 12.4. The number of hydrogen-bond acceptors (Lipinski definition) is 5. The Balaban J connectivity index is 1.64. The summed E-state index contributed by atoms with van der Waals surface area (Å²) in [5.74, 6) is 1.15. The van der Waals surface area contributed by atoms with E-state index in [1.54, 1.807) is 11.3 Å². The van der Waals surface area contributed by atoms with Crippen molar-refractivity contribution in [1.29, 1.82) is 0 Å². The monoisotopic (exact) mass is 292 g/mol. The highest BCUT2D eigenvalue weighted by molar-refractivity contribution is 7.15. The molecular weight excluding hydrogens is 272 g/mol. The number of anilines is 1. The van der Waals surface area contributed by atoms with Crippen LogP contribution in [0.4, 0.5) is 5.82 Å². The molecule has 0 spiro atoms. The highest BCUT2D eigenvalue weighted by Crippen LogP contribution is 2.27. The maximum Gasteiger partial charge on any atom is 0.195 e. The number of nitrogens with one attached hydrogen (secondary N) is 1. The summed E-state index contributed by atoms with van der Waals surface area (Å²) in [5.41, 5.74) is 1.30. The number of nitrogens with zero attached hydrogens (tertiary/aromatic N) is 3. The molecule has 0 aromatic carbocycles. The minimum absolute atomic E-state index is 0.722. The number of hydrogen-bond donors (Lipinski definition) is 1. The van der Waals surface area contributed by atoms with Gasteiger partial charge in [-0.25, -0.2) is 4.98 Å². The van der Waals surface area contributed by atoms with Crippen LogP contribution in [0.2, 0.25) is 0 Å². The topological polar surface area (TPSA) is 41.8 Å². The number of imidazole rings is 1. The van der Waals surface area contributed by atoms with E-state index in [1.165, 1.54) is 18.5 Å². The lowest BCUT2D eigenvalue weighted by molar-refractivity contribution is 0.152. The summed E-state index contributed by atoms with van der Waals surface area (Å²) in [6.45, 7) is 4.58. The summed E-state index contributed by atoms with van der Waals surface area (Å²) >= 11 is 1.71. The molecule has 5 nitrogen and oxygen atoms in total. The Kier molecular flexibility index (Phi) is 3.37. The second kappa shape index (κ2) is 5.35. The maximum absolute atomic E-state index is 5.56. The van der Waals surface area contributed by atoms with Gasteiger partial charge in [-0.1, -0.05) is 0 Å². The molecule has 4 rings (SSSR count). The van der Waals surface area contributed by atoms with Crippen molar-refractivity contribution in [3.63, 3.8) is 0 Å². The zero-order chi connectivity index (χ0) is 13.4. The molecule has 3 heterocycles. The van der Waals surface area contributed by atoms with Crippen LogP contribution in [0.5, 0.6) is 0 Å². The summed E-state index contributed by atoms with van der Waals surface area (Å²) < 4.78 is 7.80. The molecule has 1 N–H and O–H groups in total. The maximum atomic E-state index is 5.56. The summed E-state index contributed by atoms with van der Waals surface area (Å²) in [7, 11) is 0. The van der Waals surface area contributed by atoms with Crippen molar-refractivity contribution in [2.45, 2.75) is 31.8 Å². The average Bonchev–Trinajstić information content (AvgIpc) is 3.15. The summed E-state index contributed by atoms with van der Waals surface area (Å²) in [6.07, 6.45) is 5.85. The van der Waals surface area contributed by atoms with Crippen LogP contribution in [-0.4, -0.2) is 41.7 Å². The van der Waals surface area contributed by atoms with E-state index in [0.717, 1.165) is 56.1 Å². The number of thiazole rings is 1. The van der Waals surface area contributed by atoms with E-state index in [4.69, 9.17) is 9.72 Å². The van der Waals surface area contributed by atoms with Crippen molar-refractivity contribution in [2.75, 3.05) is 31.2 Å². The minimum atomic E-state index is 0.722. The Morgan fingerprint density at radius 2 is 2.30 bits per heavy atom. The number of fused-ring (bicyclic) bond motifs is 1. The lowest BCUT2D eigenvalue weighted by atomic mass is 10.3. The molecule has 20 heavy (non-hydrogen) atoms. The van der Waals surface area contributed by atoms with E-state index in [9.17, 15) is 0 Å². The lowest BCUT2D eigenvalue weighted by Gasteiger charge is -2.21. The highest BCUT2D eigenvalue weighted by atomic mass is 32.1. The Morgan fingerprint density at radius 3 is 3.20 bits per heavy atom. The van der Waals surface area contributed by atoms with Crippen molar-refractivity contribution >= 4 is 22.1 Å². The zero-order valence-electron chi connectivity index (χ0n) is 11.5. The van der Waals surface area contributed by atoms with Gasteiger partial charge in [-0.3, -0.25) is 4.40 Å². The van der Waals surface area contributed by atoms with Gasteiger partial charge in [0, 0.05) is 43.9 Å². The van der Waals surface area contributed by atoms with E-state index in [2.05, 4.69) is 26.2 Å². The molecule has 1 aliphatic heterocycles. The third kappa shape index (κ3) is 2.43. The van der Waals surface area contributed by atoms with Gasteiger partial charge in [0.1, 0.15) is 0 Å². The van der Waals surface area contributed by atoms with Gasteiger partial charge in [0.05, 0.1) is 12.3 Å². The molecule has 0 bridgehead atoms. The van der Waals surface area contributed by atoms with Crippen molar-refractivity contribution in [1.82, 2.24) is 14.7 Å². The number of rotatable bonds is 4. The van der Waals surface area contributed by atoms with E-state index in [1.807, 2.05) is 0 Å². The molecular formula is C14H20N4OS. The van der Waals surface area contributed by atoms with Gasteiger partial charge < -0.3 is 15.0 Å². The molecule has 1 saturated carbocycles. The minimum Gasteiger partial charge on any atom is -0.380 e. The summed E-state index contributed by atoms with van der Waals surface area (Å²) in [5, 5.41) is 5.73. The molecule has 2 aromatic heterocycles. The van der Waals surface area contributed by atoms with Crippen molar-refractivity contribution in [3.8, 4) is 0 Å². The quantitative estimate of drug-likeness (QED) is 0.934. The van der Waals surface area contributed by atoms with E-state index in [-0.39, 0.29) is 0 Å². The predicted molar refractivity (Wildman–Crippen MR) is 80.6 cm³/mol. The standard InChI is InChI=1S/C14H20N4OS/c1-4-17(5-8-19-7-1)13-12(10-15-11-2-3-11)18-6-9-20-14(18)16-13/h6,9,11,15H,1-5,7-8,10H2. The smallest absolute Gasteiger partial charge is 0.195 e. The van der Waals surface area contributed by atoms with Crippen molar-refractivity contribution < 1.29 is 4.74 Å². The van der Waals surface area contributed by atoms with Gasteiger partial charge in [0.25, 0.3) is 0 Å². The Labute approximate surface area is 122 Å². The second-order valence-corrected chi connectivity index (χ2v) is 6.42. The number of ether oxygens (including phenoxy) is 1. The van der Waals surface area contributed by atoms with E-state index < -0.39 is 0 Å². The lowest BCUT2D eigenvalue weighted by Crippen LogP contribution is -2.28. The van der Waals surface area contributed by atoms with Gasteiger partial charge in [-0.15, -0.1) is 11.3 Å². The number of aromatic nitrogens is 2. The molecule has 0 atom stereocenters. The molecule has 0 radical (unpaired) electrons. The fourth-order valence-electron chi connectivity index (χ4n) is 2.72. The molecule has 2 aliphatic rings. The highest BCUT2D eigenvalue weighted by Gasteiger charge is 2.24. The van der Waals surface area contributed by atoms with Gasteiger partial charge in [-0.2, -0.15) is 0 Å². The van der Waals surface area contributed by atoms with E-state index >= 15 is 0 Å². The van der Waals surface area contributed by atoms with Crippen molar-refractivity contribution in [3.05, 3.63) is 17.3 Å². The van der Waals surface area contributed by atoms with Crippen LogP contribution >= 0.6 is 11.3 Å². The summed E-state index contributed by atoms with van der Waals surface area (Å²) in [4.78, 5) is 8.33. The third-order valence-corrected chi connectivity index (χ3v) is 4.75. The molecule has 2 aromatic rings. The van der Waals surface area contributed by atoms with Crippen LogP contribution < -0.4 is 10.2 Å². The normalized spacial score (nSPS) is 20.5. The first-order valence-electron chi connectivity index (χ1n) is 7.42. The SMILES string of the molecule is c1cn2c(CNC3CC3)c(N3CCCOCC3)nc2s1. The molecule has 6 heteroatoms. The first-order chi connectivity index (χ1) is 9.92. The van der Waals surface area contributed by atoms with Gasteiger partial charge in [-0.05, 0) is 19.3 Å². The Morgan fingerprint density at radius 1 is 1.35 bits per heavy atom. The average molecular weight is 292 g/mol. The Hall–Kier alpha value is -1.11. The predicted octanol–water partition coefficient (Wildman–Crippen LogP) is 1.87. The van der Waals surface area contributed by atoms with Gasteiger partial charge in [0.2, 0.25) is 0 Å². The fourth-order valence-corrected chi connectivity index (χ4v) is 3.45. The summed E-state index contributed by atoms with van der Waals surface area (Å²) in [6, 6.07) is 0.722. The molecule has 108 valence electrons. The van der Waals surface area contributed by atoms with Crippen LogP contribution in [0.25, 0.3) is 4.96 Å². The molecule has 1 saturated heterocycles. The van der Waals surface area contributed by atoms with Crippen LogP contribution in [-0.2, 0) is 11.3 Å². The Bertz CT molecular complexity index is 581. The van der Waals surface area contributed by atoms with Crippen LogP contribution in [0.15, 0.2) is 11.6 Å². The third-order valence-electron chi connectivity index (χ3n) is 4.00.